The van der Waals surface area contributed by atoms with E-state index in [9.17, 15) is 4.79 Å². The van der Waals surface area contributed by atoms with E-state index >= 15 is 0 Å². The monoisotopic (exact) mass is 173 g/mol. The van der Waals surface area contributed by atoms with E-state index in [2.05, 4.69) is 15.5 Å². The largest absolute Gasteiger partial charge is 0.310 e. The van der Waals surface area contributed by atoms with Crippen LogP contribution in [0.1, 0.15) is 5.56 Å². The molecule has 0 atom stereocenters. The van der Waals surface area contributed by atoms with Crippen molar-refractivity contribution in [3.63, 3.8) is 0 Å². The molecule has 0 aromatic carbocycles. The Balaban J connectivity index is 2.64. The highest BCUT2D eigenvalue weighted by Crippen LogP contribution is 2.07. The van der Waals surface area contributed by atoms with Gasteiger partial charge in [0.1, 0.15) is 11.7 Å². The van der Waals surface area contributed by atoms with Gasteiger partial charge in [0.05, 0.1) is 6.20 Å². The molecule has 0 aliphatic rings. The number of aryl methyl sites for hydroxylation is 1. The summed E-state index contributed by atoms with van der Waals surface area (Å²) in [5, 5.41) is 8.91. The molecular formula is C6H8ClN3O. The smallest absolute Gasteiger partial charge is 0.240 e. The topological polar surface area (TPSA) is 57.8 Å². The molecule has 60 valence electrons. The number of amides is 1. The van der Waals surface area contributed by atoms with Crippen molar-refractivity contribution in [3.8, 4) is 0 Å². The van der Waals surface area contributed by atoms with Gasteiger partial charge in [-0.2, -0.15) is 5.10 Å². The summed E-state index contributed by atoms with van der Waals surface area (Å²) < 4.78 is 0. The van der Waals surface area contributed by atoms with Crippen molar-refractivity contribution in [3.05, 3.63) is 11.8 Å². The Hall–Kier alpha value is -1.03. The van der Waals surface area contributed by atoms with Gasteiger partial charge in [-0.3, -0.25) is 9.89 Å². The molecule has 1 amide bonds. The van der Waals surface area contributed by atoms with Crippen LogP contribution in [0.4, 0.5) is 5.82 Å². The lowest BCUT2D eigenvalue weighted by molar-refractivity contribution is -0.113. The Labute approximate surface area is 68.9 Å². The van der Waals surface area contributed by atoms with E-state index < -0.39 is 0 Å². The molecule has 2 N–H and O–H groups in total. The number of alkyl halides is 1. The van der Waals surface area contributed by atoms with Crippen molar-refractivity contribution in [1.82, 2.24) is 10.2 Å². The zero-order valence-electron chi connectivity index (χ0n) is 6.02. The molecule has 1 aromatic rings. The van der Waals surface area contributed by atoms with E-state index in [1.807, 2.05) is 6.92 Å². The molecule has 0 aliphatic heterocycles. The van der Waals surface area contributed by atoms with Crippen LogP contribution in [-0.2, 0) is 4.79 Å². The number of anilines is 1. The number of nitrogens with one attached hydrogen (secondary N) is 2. The van der Waals surface area contributed by atoms with Crippen LogP contribution in [-0.4, -0.2) is 22.0 Å². The summed E-state index contributed by atoms with van der Waals surface area (Å²) in [6.07, 6.45) is 1.63. The van der Waals surface area contributed by atoms with Crippen LogP contribution in [0.25, 0.3) is 0 Å². The summed E-state index contributed by atoms with van der Waals surface area (Å²) in [6, 6.07) is 0. The van der Waals surface area contributed by atoms with Crippen LogP contribution >= 0.6 is 11.6 Å². The lowest BCUT2D eigenvalue weighted by Gasteiger charge is -1.98. The van der Waals surface area contributed by atoms with Gasteiger partial charge in [-0.15, -0.1) is 11.6 Å². The molecule has 1 rings (SSSR count). The van der Waals surface area contributed by atoms with E-state index in [1.54, 1.807) is 6.20 Å². The average molecular weight is 174 g/mol. The van der Waals surface area contributed by atoms with Gasteiger partial charge >= 0.3 is 0 Å². The Bertz CT molecular complexity index is 258. The number of hydrogen-bond acceptors (Lipinski definition) is 2. The third-order valence-corrected chi connectivity index (χ3v) is 1.46. The molecule has 0 saturated heterocycles. The van der Waals surface area contributed by atoms with Gasteiger partial charge in [0, 0.05) is 5.56 Å². The number of rotatable bonds is 2. The number of nitrogens with zero attached hydrogens (tertiary/aromatic N) is 1. The molecule has 11 heavy (non-hydrogen) atoms. The van der Waals surface area contributed by atoms with Crippen molar-refractivity contribution >= 4 is 23.3 Å². The fourth-order valence-corrected chi connectivity index (χ4v) is 0.713. The molecule has 1 aromatic heterocycles. The number of aromatic amines is 1. The average Bonchev–Trinajstić information content (AvgIpc) is 2.37. The second-order valence-electron chi connectivity index (χ2n) is 2.11. The maximum Gasteiger partial charge on any atom is 0.240 e. The summed E-state index contributed by atoms with van der Waals surface area (Å²) in [4.78, 5) is 10.7. The number of halogens is 1. The highest BCUT2D eigenvalue weighted by molar-refractivity contribution is 6.29. The molecule has 0 unspecified atom stereocenters. The van der Waals surface area contributed by atoms with Crippen LogP contribution in [0.2, 0.25) is 0 Å². The van der Waals surface area contributed by atoms with Crippen molar-refractivity contribution in [1.29, 1.82) is 0 Å². The minimum absolute atomic E-state index is 0.0432. The quantitative estimate of drug-likeness (QED) is 0.653. The van der Waals surface area contributed by atoms with E-state index in [0.29, 0.717) is 5.82 Å². The standard InChI is InChI=1S/C6H8ClN3O/c1-4-3-8-10-6(4)9-5(11)2-7/h3H,2H2,1H3,(H2,8,9,10,11). The first-order valence-electron chi connectivity index (χ1n) is 3.10. The summed E-state index contributed by atoms with van der Waals surface area (Å²) >= 11 is 5.27. The van der Waals surface area contributed by atoms with Crippen LogP contribution in [0.3, 0.4) is 0 Å². The highest BCUT2D eigenvalue weighted by atomic mass is 35.5. The van der Waals surface area contributed by atoms with Gasteiger partial charge < -0.3 is 5.32 Å². The fourth-order valence-electron chi connectivity index (χ4n) is 0.646. The Morgan fingerprint density at radius 1 is 1.91 bits per heavy atom. The predicted molar refractivity (Wildman–Crippen MR) is 42.7 cm³/mol. The van der Waals surface area contributed by atoms with Crippen LogP contribution in [0, 0.1) is 6.92 Å². The first-order chi connectivity index (χ1) is 5.24. The van der Waals surface area contributed by atoms with Crippen molar-refractivity contribution < 1.29 is 4.79 Å². The summed E-state index contributed by atoms with van der Waals surface area (Å²) in [5.74, 6) is 0.327. The number of carbonyl (C=O) groups excluding carboxylic acids is 1. The second kappa shape index (κ2) is 3.39. The lowest BCUT2D eigenvalue weighted by Crippen LogP contribution is -2.13. The van der Waals surface area contributed by atoms with Crippen LogP contribution in [0.15, 0.2) is 6.20 Å². The lowest BCUT2D eigenvalue weighted by atomic mass is 10.4. The molecule has 0 bridgehead atoms. The van der Waals surface area contributed by atoms with Gasteiger partial charge in [-0.25, -0.2) is 0 Å². The highest BCUT2D eigenvalue weighted by Gasteiger charge is 2.03. The third-order valence-electron chi connectivity index (χ3n) is 1.21. The minimum Gasteiger partial charge on any atom is -0.310 e. The number of aromatic nitrogens is 2. The first-order valence-corrected chi connectivity index (χ1v) is 3.63. The molecule has 0 saturated carbocycles. The van der Waals surface area contributed by atoms with Crippen molar-refractivity contribution in [2.75, 3.05) is 11.2 Å². The zero-order valence-corrected chi connectivity index (χ0v) is 6.77. The maximum absolute atomic E-state index is 10.7. The zero-order chi connectivity index (χ0) is 8.27. The number of carbonyl (C=O) groups is 1. The third kappa shape index (κ3) is 1.94. The minimum atomic E-state index is -0.237. The molecule has 1 heterocycles. The van der Waals surface area contributed by atoms with Crippen molar-refractivity contribution in [2.24, 2.45) is 0 Å². The van der Waals surface area contributed by atoms with E-state index in [4.69, 9.17) is 11.6 Å². The van der Waals surface area contributed by atoms with Crippen LogP contribution < -0.4 is 5.32 Å². The first kappa shape index (κ1) is 8.07. The second-order valence-corrected chi connectivity index (χ2v) is 2.38. The van der Waals surface area contributed by atoms with Gasteiger partial charge in [0.25, 0.3) is 0 Å². The van der Waals surface area contributed by atoms with E-state index in [0.717, 1.165) is 5.56 Å². The van der Waals surface area contributed by atoms with Gasteiger partial charge in [-0.1, -0.05) is 0 Å². The number of H-pyrrole nitrogens is 1. The summed E-state index contributed by atoms with van der Waals surface area (Å²) in [6.45, 7) is 1.84. The molecule has 5 heteroatoms. The molecule has 4 nitrogen and oxygen atoms in total. The molecule has 0 spiro atoms. The molecule has 0 radical (unpaired) electrons. The normalized spacial score (nSPS) is 9.64. The Morgan fingerprint density at radius 3 is 3.09 bits per heavy atom. The maximum atomic E-state index is 10.7. The summed E-state index contributed by atoms with van der Waals surface area (Å²) in [5.41, 5.74) is 0.892. The van der Waals surface area contributed by atoms with Crippen LogP contribution in [0.5, 0.6) is 0 Å². The summed E-state index contributed by atoms with van der Waals surface area (Å²) in [7, 11) is 0. The van der Waals surface area contributed by atoms with Gasteiger partial charge in [0.2, 0.25) is 5.91 Å². The van der Waals surface area contributed by atoms with Gasteiger partial charge in [0.15, 0.2) is 0 Å². The molecular weight excluding hydrogens is 166 g/mol. The predicted octanol–water partition coefficient (Wildman–Crippen LogP) is 0.895. The molecule has 0 fully saturated rings. The fraction of sp³-hybridized carbons (Fsp3) is 0.333. The Morgan fingerprint density at radius 2 is 2.64 bits per heavy atom. The Kier molecular flexibility index (Phi) is 2.48. The van der Waals surface area contributed by atoms with E-state index in [-0.39, 0.29) is 11.8 Å². The SMILES string of the molecule is Cc1cn[nH]c1NC(=O)CCl. The molecule has 0 aliphatic carbocycles. The van der Waals surface area contributed by atoms with Gasteiger partial charge in [-0.05, 0) is 6.92 Å². The van der Waals surface area contributed by atoms with Crippen molar-refractivity contribution in [2.45, 2.75) is 6.92 Å². The number of hydrogen-bond donors (Lipinski definition) is 2. The van der Waals surface area contributed by atoms with E-state index in [1.165, 1.54) is 0 Å².